The molecule has 0 spiro atoms. The van der Waals surface area contributed by atoms with Crippen molar-refractivity contribution in [3.63, 3.8) is 0 Å². The first-order valence-electron chi connectivity index (χ1n) is 14.4. The average molecular weight is 602 g/mol. The molecule has 1 unspecified atom stereocenters. The van der Waals surface area contributed by atoms with Crippen LogP contribution >= 0.6 is 0 Å². The van der Waals surface area contributed by atoms with Crippen molar-refractivity contribution >= 4 is 38.8 Å². The van der Waals surface area contributed by atoms with E-state index in [9.17, 15) is 23.1 Å². The maximum absolute atomic E-state index is 13.8. The summed E-state index contributed by atoms with van der Waals surface area (Å²) in [6.07, 6.45) is 4.27. The van der Waals surface area contributed by atoms with E-state index in [4.69, 9.17) is 0 Å². The number of para-hydroxylation sites is 1. The van der Waals surface area contributed by atoms with E-state index >= 15 is 0 Å². The first-order chi connectivity index (χ1) is 20.7. The van der Waals surface area contributed by atoms with Gasteiger partial charge in [-0.3, -0.25) is 4.79 Å². The predicted octanol–water partition coefficient (Wildman–Crippen LogP) is 4.04. The highest BCUT2D eigenvalue weighted by Crippen LogP contribution is 2.26. The molecule has 1 fully saturated rings. The van der Waals surface area contributed by atoms with Crippen LogP contribution in [0.3, 0.4) is 0 Å². The van der Waals surface area contributed by atoms with E-state index in [1.54, 1.807) is 36.4 Å². The summed E-state index contributed by atoms with van der Waals surface area (Å²) in [5.74, 6) is -1.09. The van der Waals surface area contributed by atoms with Gasteiger partial charge in [-0.15, -0.1) is 0 Å². The number of carbonyl (C=O) groups excluding carboxylic acids is 1. The Labute approximate surface area is 251 Å². The number of sulfonamides is 1. The zero-order valence-electron chi connectivity index (χ0n) is 24.2. The number of benzene rings is 3. The Hall–Kier alpha value is -4.35. The van der Waals surface area contributed by atoms with Crippen molar-refractivity contribution in [1.29, 1.82) is 0 Å². The van der Waals surface area contributed by atoms with Crippen molar-refractivity contribution in [1.82, 2.24) is 19.6 Å². The molecule has 0 bridgehead atoms. The summed E-state index contributed by atoms with van der Waals surface area (Å²) in [6, 6.07) is 18.5. The standard InChI is InChI=1S/C32H35N5O5S/c1-3-6-23-9-11-24(12-10-23)19-34-31(38)28-21-36(29-20-33-30-26(32(39)40)7-5-8-27(30)35-29)17-18-37(28)43(41,42)25-15-13-22(4-2)14-16-25/h5,7-16,20,28H,3-4,6,17-19,21H2,1-2H3,(H,34,38)(H,39,40). The smallest absolute Gasteiger partial charge is 0.337 e. The van der Waals surface area contributed by atoms with Crippen molar-refractivity contribution in [2.45, 2.75) is 50.6 Å². The van der Waals surface area contributed by atoms with Crippen LogP contribution in [0.5, 0.6) is 0 Å². The molecule has 224 valence electrons. The molecule has 2 heterocycles. The molecule has 3 aromatic carbocycles. The Morgan fingerprint density at radius 3 is 2.33 bits per heavy atom. The number of aryl methyl sites for hydroxylation is 2. The summed E-state index contributed by atoms with van der Waals surface area (Å²) >= 11 is 0. The number of carboxylic acid groups (broad SMARTS) is 1. The van der Waals surface area contributed by atoms with Gasteiger partial charge in [0.25, 0.3) is 0 Å². The number of amides is 1. The number of nitrogens with one attached hydrogen (secondary N) is 1. The van der Waals surface area contributed by atoms with Gasteiger partial charge >= 0.3 is 5.97 Å². The second-order valence-corrected chi connectivity index (χ2v) is 12.5. The number of rotatable bonds is 10. The fraction of sp³-hybridized carbons (Fsp3) is 0.312. The van der Waals surface area contributed by atoms with Gasteiger partial charge in [-0.05, 0) is 53.8 Å². The van der Waals surface area contributed by atoms with Crippen LogP contribution in [-0.4, -0.2) is 65.4 Å². The van der Waals surface area contributed by atoms with Crippen LogP contribution in [0.1, 0.15) is 47.3 Å². The molecule has 2 N–H and O–H groups in total. The Morgan fingerprint density at radius 1 is 0.953 bits per heavy atom. The minimum atomic E-state index is -3.99. The number of carbonyl (C=O) groups is 2. The van der Waals surface area contributed by atoms with Gasteiger partial charge in [0.1, 0.15) is 17.4 Å². The summed E-state index contributed by atoms with van der Waals surface area (Å²) in [5.41, 5.74) is 3.86. The van der Waals surface area contributed by atoms with Crippen LogP contribution in [0, 0.1) is 0 Å². The number of aromatic nitrogens is 2. The minimum Gasteiger partial charge on any atom is -0.478 e. The normalized spacial score (nSPS) is 15.9. The maximum Gasteiger partial charge on any atom is 0.337 e. The number of hydrogen-bond acceptors (Lipinski definition) is 7. The van der Waals surface area contributed by atoms with Gasteiger partial charge in [0, 0.05) is 26.2 Å². The molecule has 11 heteroatoms. The molecule has 43 heavy (non-hydrogen) atoms. The molecule has 4 aromatic rings. The highest BCUT2D eigenvalue weighted by Gasteiger charge is 2.40. The molecule has 1 aliphatic heterocycles. The van der Waals surface area contributed by atoms with E-state index in [2.05, 4.69) is 22.2 Å². The van der Waals surface area contributed by atoms with E-state index < -0.39 is 27.9 Å². The number of piperazine rings is 1. The van der Waals surface area contributed by atoms with Crippen molar-refractivity contribution in [2.75, 3.05) is 24.5 Å². The van der Waals surface area contributed by atoms with Gasteiger partial charge < -0.3 is 15.3 Å². The van der Waals surface area contributed by atoms with Crippen LogP contribution in [0.4, 0.5) is 5.82 Å². The topological polar surface area (TPSA) is 133 Å². The maximum atomic E-state index is 13.8. The van der Waals surface area contributed by atoms with Gasteiger partial charge in [-0.1, -0.05) is 62.7 Å². The lowest BCUT2D eigenvalue weighted by molar-refractivity contribution is -0.125. The monoisotopic (exact) mass is 601 g/mol. The number of anilines is 1. The van der Waals surface area contributed by atoms with Gasteiger partial charge in [0.05, 0.1) is 22.2 Å². The highest BCUT2D eigenvalue weighted by molar-refractivity contribution is 7.89. The van der Waals surface area contributed by atoms with Gasteiger partial charge in [-0.2, -0.15) is 4.31 Å². The molecule has 5 rings (SSSR count). The third kappa shape index (κ3) is 6.52. The summed E-state index contributed by atoms with van der Waals surface area (Å²) in [5, 5.41) is 12.5. The predicted molar refractivity (Wildman–Crippen MR) is 164 cm³/mol. The fourth-order valence-electron chi connectivity index (χ4n) is 5.28. The first kappa shape index (κ1) is 30.1. The Kier molecular flexibility index (Phi) is 9.02. The molecule has 1 aromatic heterocycles. The number of carboxylic acids is 1. The molecule has 1 atom stereocenters. The highest BCUT2D eigenvalue weighted by atomic mass is 32.2. The van der Waals surface area contributed by atoms with Crippen molar-refractivity contribution in [3.05, 3.63) is 95.2 Å². The molecule has 0 radical (unpaired) electrons. The Balaban J connectivity index is 1.42. The van der Waals surface area contributed by atoms with Crippen LogP contribution in [0.15, 0.2) is 77.8 Å². The minimum absolute atomic E-state index is 0.0431. The summed E-state index contributed by atoms with van der Waals surface area (Å²) in [4.78, 5) is 36.2. The van der Waals surface area contributed by atoms with Gasteiger partial charge in [0.15, 0.2) is 0 Å². The number of fused-ring (bicyclic) bond motifs is 1. The van der Waals surface area contributed by atoms with E-state index in [1.165, 1.54) is 22.1 Å². The summed E-state index contributed by atoms with van der Waals surface area (Å²) in [6.45, 7) is 4.75. The lowest BCUT2D eigenvalue weighted by Crippen LogP contribution is -2.60. The lowest BCUT2D eigenvalue weighted by Gasteiger charge is -2.40. The second-order valence-electron chi connectivity index (χ2n) is 10.6. The average Bonchev–Trinajstić information content (AvgIpc) is 3.03. The zero-order chi connectivity index (χ0) is 30.6. The molecule has 0 saturated carbocycles. The van der Waals surface area contributed by atoms with Crippen LogP contribution in [0.2, 0.25) is 0 Å². The van der Waals surface area contributed by atoms with Crippen LogP contribution in [-0.2, 0) is 34.2 Å². The third-order valence-electron chi connectivity index (χ3n) is 7.71. The Bertz CT molecular complexity index is 1730. The van der Waals surface area contributed by atoms with Crippen molar-refractivity contribution in [3.8, 4) is 0 Å². The quantitative estimate of drug-likeness (QED) is 0.278. The number of nitrogens with zero attached hydrogens (tertiary/aromatic N) is 4. The molecular weight excluding hydrogens is 566 g/mol. The van der Waals surface area contributed by atoms with E-state index in [1.807, 2.05) is 36.1 Å². The number of aromatic carboxylic acids is 1. The van der Waals surface area contributed by atoms with E-state index in [0.29, 0.717) is 11.3 Å². The van der Waals surface area contributed by atoms with E-state index in [0.717, 1.165) is 30.4 Å². The first-order valence-corrected chi connectivity index (χ1v) is 15.9. The van der Waals surface area contributed by atoms with Crippen molar-refractivity contribution in [2.24, 2.45) is 0 Å². The summed E-state index contributed by atoms with van der Waals surface area (Å²) < 4.78 is 28.9. The molecule has 1 amide bonds. The zero-order valence-corrected chi connectivity index (χ0v) is 25.0. The molecule has 1 saturated heterocycles. The largest absolute Gasteiger partial charge is 0.478 e. The molecule has 10 nitrogen and oxygen atoms in total. The van der Waals surface area contributed by atoms with Crippen molar-refractivity contribution < 1.29 is 23.1 Å². The van der Waals surface area contributed by atoms with Gasteiger partial charge in [-0.25, -0.2) is 23.2 Å². The van der Waals surface area contributed by atoms with Crippen LogP contribution < -0.4 is 10.2 Å². The Morgan fingerprint density at radius 2 is 1.65 bits per heavy atom. The summed E-state index contributed by atoms with van der Waals surface area (Å²) in [7, 11) is -3.99. The fourth-order valence-corrected chi connectivity index (χ4v) is 6.85. The van der Waals surface area contributed by atoms with Gasteiger partial charge in [0.2, 0.25) is 15.9 Å². The van der Waals surface area contributed by atoms with E-state index in [-0.39, 0.29) is 42.2 Å². The van der Waals surface area contributed by atoms with Crippen LogP contribution in [0.25, 0.3) is 11.0 Å². The third-order valence-corrected chi connectivity index (χ3v) is 9.64. The second kappa shape index (κ2) is 12.9. The molecule has 0 aliphatic carbocycles. The SMILES string of the molecule is CCCc1ccc(CNC(=O)C2CN(c3cnc4c(C(=O)O)cccc4n3)CCN2S(=O)(=O)c2ccc(CC)cc2)cc1. The molecule has 1 aliphatic rings. The molecular formula is C32H35N5O5S. The lowest BCUT2D eigenvalue weighted by atomic mass is 10.1. The number of hydrogen-bond donors (Lipinski definition) is 2.